The molecule has 111 valence electrons. The Kier molecular flexibility index (Phi) is 4.95. The molecule has 0 aliphatic carbocycles. The van der Waals surface area contributed by atoms with E-state index >= 15 is 0 Å². The van der Waals surface area contributed by atoms with Crippen LogP contribution >= 0.6 is 0 Å². The van der Waals surface area contributed by atoms with Gasteiger partial charge in [0.1, 0.15) is 0 Å². The lowest BCUT2D eigenvalue weighted by atomic mass is 9.86. The van der Waals surface area contributed by atoms with Crippen molar-refractivity contribution in [3.05, 3.63) is 0 Å². The molecule has 19 heavy (non-hydrogen) atoms. The van der Waals surface area contributed by atoms with Gasteiger partial charge in [-0.3, -0.25) is 4.79 Å². The van der Waals surface area contributed by atoms with Gasteiger partial charge in [-0.15, -0.1) is 10.3 Å². The van der Waals surface area contributed by atoms with Crippen LogP contribution in [0.25, 0.3) is 0 Å². The second kappa shape index (κ2) is 5.75. The molecular weight excluding hydrogens is 248 g/mol. The summed E-state index contributed by atoms with van der Waals surface area (Å²) in [6.07, 6.45) is 0.482. The highest BCUT2D eigenvalue weighted by Crippen LogP contribution is 2.44. The maximum Gasteiger partial charge on any atom is 0.227 e. The standard InChI is InChI=1S/C13H25N2O4/c1-12(2)9-10(13(3,4)15(12)19)11(18)14(5-7-16)6-8-17/h10,16-17H,5-9H2,1-4H3. The van der Waals surface area contributed by atoms with Crippen LogP contribution in [0.1, 0.15) is 34.1 Å². The summed E-state index contributed by atoms with van der Waals surface area (Å²) in [6, 6.07) is 0. The zero-order chi connectivity index (χ0) is 14.8. The first kappa shape index (κ1) is 16.4. The highest BCUT2D eigenvalue weighted by Gasteiger charge is 2.55. The summed E-state index contributed by atoms with van der Waals surface area (Å²) >= 11 is 0. The van der Waals surface area contributed by atoms with Crippen molar-refractivity contribution in [3.63, 3.8) is 0 Å². The van der Waals surface area contributed by atoms with Crippen molar-refractivity contribution in [1.29, 1.82) is 0 Å². The monoisotopic (exact) mass is 273 g/mol. The van der Waals surface area contributed by atoms with E-state index < -0.39 is 17.0 Å². The summed E-state index contributed by atoms with van der Waals surface area (Å²) < 4.78 is 0. The molecule has 1 heterocycles. The Hall–Kier alpha value is -0.690. The van der Waals surface area contributed by atoms with Gasteiger partial charge in [-0.2, -0.15) is 0 Å². The van der Waals surface area contributed by atoms with E-state index in [9.17, 15) is 10.0 Å². The third kappa shape index (κ3) is 3.08. The lowest BCUT2D eigenvalue weighted by Crippen LogP contribution is -2.50. The normalized spacial score (nSPS) is 25.5. The van der Waals surface area contributed by atoms with Gasteiger partial charge in [0.05, 0.1) is 24.7 Å². The van der Waals surface area contributed by atoms with Crippen LogP contribution in [0.15, 0.2) is 0 Å². The van der Waals surface area contributed by atoms with Gasteiger partial charge in [0, 0.05) is 18.6 Å². The summed E-state index contributed by atoms with van der Waals surface area (Å²) in [5, 5.41) is 31.2. The Labute approximate surface area is 114 Å². The molecule has 0 aromatic carbocycles. The number of hydroxylamine groups is 2. The summed E-state index contributed by atoms with van der Waals surface area (Å²) in [6.45, 7) is 7.28. The van der Waals surface area contributed by atoms with Crippen LogP contribution in [0, 0.1) is 5.92 Å². The van der Waals surface area contributed by atoms with Gasteiger partial charge in [0.2, 0.25) is 5.91 Å². The first-order chi connectivity index (χ1) is 8.68. The van der Waals surface area contributed by atoms with Crippen molar-refractivity contribution in [2.24, 2.45) is 5.92 Å². The number of carbonyl (C=O) groups excluding carboxylic acids is 1. The minimum Gasteiger partial charge on any atom is -0.395 e. The molecular formula is C13H25N2O4. The predicted octanol–water partition coefficient (Wildman–Crippen LogP) is 0.0242. The van der Waals surface area contributed by atoms with E-state index in [2.05, 4.69) is 0 Å². The molecule has 0 aromatic heterocycles. The predicted molar refractivity (Wildman–Crippen MR) is 69.5 cm³/mol. The molecule has 1 fully saturated rings. The maximum absolute atomic E-state index is 12.5. The number of nitrogens with zero attached hydrogens (tertiary/aromatic N) is 2. The smallest absolute Gasteiger partial charge is 0.227 e. The quantitative estimate of drug-likeness (QED) is 0.740. The largest absolute Gasteiger partial charge is 0.395 e. The molecule has 0 spiro atoms. The van der Waals surface area contributed by atoms with Crippen molar-refractivity contribution in [3.8, 4) is 0 Å². The summed E-state index contributed by atoms with van der Waals surface area (Å²) in [5.41, 5.74) is -1.35. The van der Waals surface area contributed by atoms with E-state index in [1.54, 1.807) is 13.8 Å². The number of hydrogen-bond acceptors (Lipinski definition) is 4. The van der Waals surface area contributed by atoms with E-state index in [4.69, 9.17) is 10.2 Å². The topological polar surface area (TPSA) is 83.9 Å². The third-order valence-corrected chi connectivity index (χ3v) is 3.98. The molecule has 1 saturated heterocycles. The van der Waals surface area contributed by atoms with Gasteiger partial charge in [0.15, 0.2) is 0 Å². The van der Waals surface area contributed by atoms with Crippen LogP contribution in [-0.4, -0.2) is 63.5 Å². The molecule has 1 rings (SSSR count). The molecule has 6 heteroatoms. The second-order valence-corrected chi connectivity index (χ2v) is 6.29. The number of carbonyl (C=O) groups is 1. The van der Waals surface area contributed by atoms with Gasteiger partial charge in [-0.05, 0) is 34.1 Å². The van der Waals surface area contributed by atoms with E-state index in [-0.39, 0.29) is 32.2 Å². The van der Waals surface area contributed by atoms with E-state index in [1.165, 1.54) is 4.90 Å². The summed E-state index contributed by atoms with van der Waals surface area (Å²) in [5.74, 6) is -0.586. The highest BCUT2D eigenvalue weighted by atomic mass is 16.5. The van der Waals surface area contributed by atoms with Crippen LogP contribution in [0.4, 0.5) is 0 Å². The van der Waals surface area contributed by atoms with Crippen molar-refractivity contribution in [2.45, 2.75) is 45.2 Å². The summed E-state index contributed by atoms with van der Waals surface area (Å²) in [4.78, 5) is 13.9. The van der Waals surface area contributed by atoms with E-state index in [0.717, 1.165) is 5.06 Å². The lowest BCUT2D eigenvalue weighted by Gasteiger charge is -2.34. The van der Waals surface area contributed by atoms with Gasteiger partial charge in [-0.1, -0.05) is 0 Å². The zero-order valence-electron chi connectivity index (χ0n) is 12.2. The fraction of sp³-hybridized carbons (Fsp3) is 0.923. The molecule has 0 bridgehead atoms. The van der Waals surface area contributed by atoms with Crippen LogP contribution in [0.5, 0.6) is 0 Å². The van der Waals surface area contributed by atoms with Crippen LogP contribution in [-0.2, 0) is 10.0 Å². The Morgan fingerprint density at radius 1 is 1.21 bits per heavy atom. The fourth-order valence-corrected chi connectivity index (χ4v) is 2.94. The van der Waals surface area contributed by atoms with Crippen molar-refractivity contribution in [2.75, 3.05) is 26.3 Å². The molecule has 6 nitrogen and oxygen atoms in total. The number of hydrogen-bond donors (Lipinski definition) is 2. The van der Waals surface area contributed by atoms with Crippen LogP contribution < -0.4 is 0 Å². The van der Waals surface area contributed by atoms with E-state index in [1.807, 2.05) is 13.8 Å². The van der Waals surface area contributed by atoms with Crippen molar-refractivity contribution >= 4 is 5.91 Å². The molecule has 1 atom stereocenters. The Balaban J connectivity index is 2.92. The molecule has 0 saturated carbocycles. The number of aliphatic hydroxyl groups excluding tert-OH is 2. The fourth-order valence-electron chi connectivity index (χ4n) is 2.94. The molecule has 1 aliphatic heterocycles. The van der Waals surface area contributed by atoms with Gasteiger partial charge < -0.3 is 15.1 Å². The molecule has 1 unspecified atom stereocenters. The SMILES string of the molecule is CC1(C)CC(C(=O)N(CCO)CCO)C(C)(C)N1[O]. The first-order valence-corrected chi connectivity index (χ1v) is 6.66. The van der Waals surface area contributed by atoms with Gasteiger partial charge in [0.25, 0.3) is 0 Å². The van der Waals surface area contributed by atoms with Crippen LogP contribution in [0.3, 0.4) is 0 Å². The lowest BCUT2D eigenvalue weighted by molar-refractivity contribution is -0.248. The van der Waals surface area contributed by atoms with Gasteiger partial charge in [-0.25, -0.2) is 0 Å². The average Bonchev–Trinajstić information content (AvgIpc) is 2.48. The Morgan fingerprint density at radius 3 is 2.00 bits per heavy atom. The Bertz CT molecular complexity index is 325. The molecule has 1 amide bonds. The number of rotatable bonds is 5. The molecule has 0 aromatic rings. The highest BCUT2D eigenvalue weighted by molar-refractivity contribution is 5.80. The second-order valence-electron chi connectivity index (χ2n) is 6.29. The maximum atomic E-state index is 12.5. The molecule has 1 aliphatic rings. The van der Waals surface area contributed by atoms with Crippen molar-refractivity contribution in [1.82, 2.24) is 9.96 Å². The summed E-state index contributed by atoms with van der Waals surface area (Å²) in [7, 11) is 0. The zero-order valence-corrected chi connectivity index (χ0v) is 12.2. The third-order valence-electron chi connectivity index (χ3n) is 3.98. The molecule has 1 radical (unpaired) electrons. The van der Waals surface area contributed by atoms with Gasteiger partial charge >= 0.3 is 0 Å². The minimum atomic E-state index is -0.774. The Morgan fingerprint density at radius 2 is 1.68 bits per heavy atom. The first-order valence-electron chi connectivity index (χ1n) is 6.66. The molecule has 2 N–H and O–H groups in total. The van der Waals surface area contributed by atoms with E-state index in [0.29, 0.717) is 6.42 Å². The number of amides is 1. The number of aliphatic hydroxyl groups is 2. The van der Waals surface area contributed by atoms with Crippen molar-refractivity contribution < 1.29 is 20.2 Å². The minimum absolute atomic E-state index is 0.149. The average molecular weight is 273 g/mol. The van der Waals surface area contributed by atoms with Crippen LogP contribution in [0.2, 0.25) is 0 Å².